The molecule has 0 spiro atoms. The molecule has 0 aliphatic carbocycles. The van der Waals surface area contributed by atoms with Crippen LogP contribution in [0.25, 0.3) is 0 Å². The predicted molar refractivity (Wildman–Crippen MR) is 108 cm³/mol. The smallest absolute Gasteiger partial charge is 0.321 e. The van der Waals surface area contributed by atoms with Gasteiger partial charge in [-0.3, -0.25) is 14.9 Å². The van der Waals surface area contributed by atoms with Crippen molar-refractivity contribution in [2.24, 2.45) is 0 Å². The lowest BCUT2D eigenvalue weighted by Crippen LogP contribution is -2.46. The highest BCUT2D eigenvalue weighted by Gasteiger charge is 2.21. The molecule has 162 valence electrons. The normalized spacial score (nSPS) is 12.5. The third kappa shape index (κ3) is 8.61. The van der Waals surface area contributed by atoms with Gasteiger partial charge >= 0.3 is 12.0 Å². The maximum absolute atomic E-state index is 12.3. The van der Waals surface area contributed by atoms with Crippen LogP contribution in [0.1, 0.15) is 52.5 Å². The molecule has 0 unspecified atom stereocenters. The van der Waals surface area contributed by atoms with Crippen molar-refractivity contribution >= 4 is 27.9 Å². The summed E-state index contributed by atoms with van der Waals surface area (Å²) in [5.41, 5.74) is 1.02. The summed E-state index contributed by atoms with van der Waals surface area (Å²) < 4.78 is 31.8. The Kier molecular flexibility index (Phi) is 9.25. The second-order valence-electron chi connectivity index (χ2n) is 7.12. The van der Waals surface area contributed by atoms with Crippen LogP contribution < -0.4 is 15.4 Å². The van der Waals surface area contributed by atoms with E-state index < -0.39 is 34.0 Å². The van der Waals surface area contributed by atoms with Crippen LogP contribution >= 0.6 is 0 Å². The number of sulfonamides is 1. The minimum atomic E-state index is -3.76. The number of amides is 3. The van der Waals surface area contributed by atoms with Gasteiger partial charge in [-0.15, -0.1) is 0 Å². The summed E-state index contributed by atoms with van der Waals surface area (Å²) in [7, 11) is -3.76. The van der Waals surface area contributed by atoms with Crippen molar-refractivity contribution in [3.8, 4) is 0 Å². The molecule has 1 atom stereocenters. The molecular formula is C19H29N3O6S. The van der Waals surface area contributed by atoms with E-state index in [-0.39, 0.29) is 29.8 Å². The average Bonchev–Trinajstić information content (AvgIpc) is 2.60. The Hall–Kier alpha value is -2.46. The molecule has 29 heavy (non-hydrogen) atoms. The van der Waals surface area contributed by atoms with Crippen molar-refractivity contribution < 1.29 is 27.5 Å². The first-order valence-corrected chi connectivity index (χ1v) is 10.8. The lowest BCUT2D eigenvalue weighted by atomic mass is 10.0. The van der Waals surface area contributed by atoms with Gasteiger partial charge in [-0.1, -0.05) is 26.0 Å². The summed E-state index contributed by atoms with van der Waals surface area (Å²) in [4.78, 5) is 35.2. The summed E-state index contributed by atoms with van der Waals surface area (Å²) >= 11 is 0. The number of nitrogens with one attached hydrogen (secondary N) is 3. The largest absolute Gasteiger partial charge is 0.452 e. The summed E-state index contributed by atoms with van der Waals surface area (Å²) in [6.07, 6.45) is -1.46. The fourth-order valence-electron chi connectivity index (χ4n) is 2.22. The van der Waals surface area contributed by atoms with Crippen LogP contribution in [0.2, 0.25) is 0 Å². The Bertz CT molecular complexity index is 819. The molecule has 0 fully saturated rings. The van der Waals surface area contributed by atoms with Crippen molar-refractivity contribution in [1.29, 1.82) is 0 Å². The van der Waals surface area contributed by atoms with Gasteiger partial charge in [0.2, 0.25) is 10.0 Å². The first kappa shape index (κ1) is 24.6. The van der Waals surface area contributed by atoms with E-state index in [4.69, 9.17) is 4.74 Å². The number of esters is 1. The van der Waals surface area contributed by atoms with Crippen LogP contribution in [0.15, 0.2) is 29.2 Å². The van der Waals surface area contributed by atoms with Crippen LogP contribution in [0.3, 0.4) is 0 Å². The fraction of sp³-hybridized carbons (Fsp3) is 0.526. The first-order valence-electron chi connectivity index (χ1n) is 9.33. The number of carbonyl (C=O) groups excluding carboxylic acids is 3. The maximum Gasteiger partial charge on any atom is 0.321 e. The van der Waals surface area contributed by atoms with E-state index in [9.17, 15) is 22.8 Å². The molecule has 3 amide bonds. The maximum atomic E-state index is 12.3. The van der Waals surface area contributed by atoms with Gasteiger partial charge in [-0.2, -0.15) is 0 Å². The lowest BCUT2D eigenvalue weighted by Gasteiger charge is -2.14. The average molecular weight is 428 g/mol. The van der Waals surface area contributed by atoms with Crippen LogP contribution in [0, 0.1) is 0 Å². The minimum absolute atomic E-state index is 0.0965. The molecule has 3 N–H and O–H groups in total. The second-order valence-corrected chi connectivity index (χ2v) is 8.89. The predicted octanol–water partition coefficient (Wildman–Crippen LogP) is 1.64. The molecule has 1 rings (SSSR count). The van der Waals surface area contributed by atoms with E-state index in [0.717, 1.165) is 5.56 Å². The first-order chi connectivity index (χ1) is 13.4. The molecule has 0 aromatic heterocycles. The highest BCUT2D eigenvalue weighted by Crippen LogP contribution is 2.17. The van der Waals surface area contributed by atoms with Crippen molar-refractivity contribution in [2.45, 2.75) is 64.0 Å². The second kappa shape index (κ2) is 10.9. The SMILES string of the molecule is CC(C)NC(=O)NC(=O)[C@@H](C)OC(=O)CCNS(=O)(=O)c1ccc(C(C)C)cc1. The summed E-state index contributed by atoms with van der Waals surface area (Å²) in [6, 6.07) is 5.64. The Balaban J connectivity index is 2.47. The van der Waals surface area contributed by atoms with E-state index in [0.29, 0.717) is 0 Å². The Morgan fingerprint density at radius 2 is 1.59 bits per heavy atom. The molecule has 0 aliphatic heterocycles. The number of benzene rings is 1. The number of imide groups is 1. The molecule has 0 saturated carbocycles. The van der Waals surface area contributed by atoms with E-state index in [1.807, 2.05) is 13.8 Å². The molecule has 10 heteroatoms. The number of carbonyl (C=O) groups is 3. The van der Waals surface area contributed by atoms with E-state index in [1.165, 1.54) is 19.1 Å². The van der Waals surface area contributed by atoms with E-state index in [1.54, 1.807) is 26.0 Å². The van der Waals surface area contributed by atoms with Crippen LogP contribution in [0.4, 0.5) is 4.79 Å². The number of hydrogen-bond donors (Lipinski definition) is 3. The highest BCUT2D eigenvalue weighted by molar-refractivity contribution is 7.89. The highest BCUT2D eigenvalue weighted by atomic mass is 32.2. The van der Waals surface area contributed by atoms with Crippen molar-refractivity contribution in [3.63, 3.8) is 0 Å². The van der Waals surface area contributed by atoms with Gasteiger partial charge in [0.1, 0.15) is 0 Å². The van der Waals surface area contributed by atoms with Crippen molar-refractivity contribution in [1.82, 2.24) is 15.4 Å². The molecule has 9 nitrogen and oxygen atoms in total. The minimum Gasteiger partial charge on any atom is -0.452 e. The zero-order valence-corrected chi connectivity index (χ0v) is 18.1. The van der Waals surface area contributed by atoms with Gasteiger partial charge in [0, 0.05) is 12.6 Å². The number of ether oxygens (including phenoxy) is 1. The Morgan fingerprint density at radius 3 is 2.10 bits per heavy atom. The zero-order chi connectivity index (χ0) is 22.2. The molecule has 1 aromatic carbocycles. The van der Waals surface area contributed by atoms with Crippen molar-refractivity contribution in [3.05, 3.63) is 29.8 Å². The topological polar surface area (TPSA) is 131 Å². The molecule has 0 heterocycles. The van der Waals surface area contributed by atoms with Crippen LogP contribution in [0.5, 0.6) is 0 Å². The monoisotopic (exact) mass is 427 g/mol. The van der Waals surface area contributed by atoms with Gasteiger partial charge < -0.3 is 10.1 Å². The van der Waals surface area contributed by atoms with Gasteiger partial charge in [-0.05, 0) is 44.4 Å². The van der Waals surface area contributed by atoms with Gasteiger partial charge in [-0.25, -0.2) is 17.9 Å². The van der Waals surface area contributed by atoms with Crippen LogP contribution in [-0.4, -0.2) is 45.0 Å². The third-order valence-corrected chi connectivity index (χ3v) is 5.29. The molecular weight excluding hydrogens is 398 g/mol. The van der Waals surface area contributed by atoms with Crippen LogP contribution in [-0.2, 0) is 24.3 Å². The Labute approximate surface area is 171 Å². The lowest BCUT2D eigenvalue weighted by molar-refractivity contribution is -0.154. The molecule has 0 bridgehead atoms. The Morgan fingerprint density at radius 1 is 1.00 bits per heavy atom. The fourth-order valence-corrected chi connectivity index (χ4v) is 3.26. The van der Waals surface area contributed by atoms with E-state index in [2.05, 4.69) is 15.4 Å². The van der Waals surface area contributed by atoms with E-state index >= 15 is 0 Å². The molecule has 1 aromatic rings. The van der Waals surface area contributed by atoms with Gasteiger partial charge in [0.05, 0.1) is 11.3 Å². The molecule has 0 radical (unpaired) electrons. The standard InChI is InChI=1S/C19H29N3O6S/c1-12(2)15-6-8-16(9-7-15)29(26,27)20-11-10-17(23)28-14(5)18(24)22-19(25)21-13(3)4/h6-9,12-14,20H,10-11H2,1-5H3,(H2,21,22,24,25)/t14-/m1/s1. The molecule has 0 aliphatic rings. The third-order valence-electron chi connectivity index (χ3n) is 3.81. The van der Waals surface area contributed by atoms with Gasteiger partial charge in [0.15, 0.2) is 6.10 Å². The quantitative estimate of drug-likeness (QED) is 0.514. The number of urea groups is 1. The number of hydrogen-bond acceptors (Lipinski definition) is 6. The molecule has 0 saturated heterocycles. The summed E-state index contributed by atoms with van der Waals surface area (Å²) in [5, 5.41) is 4.52. The number of rotatable bonds is 9. The zero-order valence-electron chi connectivity index (χ0n) is 17.3. The summed E-state index contributed by atoms with van der Waals surface area (Å²) in [5.74, 6) is -1.26. The van der Waals surface area contributed by atoms with Gasteiger partial charge in [0.25, 0.3) is 5.91 Å². The van der Waals surface area contributed by atoms with Crippen molar-refractivity contribution in [2.75, 3.05) is 6.54 Å². The summed E-state index contributed by atoms with van der Waals surface area (Å²) in [6.45, 7) is 8.60.